The predicted molar refractivity (Wildman–Crippen MR) is 56.1 cm³/mol. The fourth-order valence-corrected chi connectivity index (χ4v) is 2.00. The van der Waals surface area contributed by atoms with Crippen LogP contribution in [0.5, 0.6) is 0 Å². The van der Waals surface area contributed by atoms with Crippen LogP contribution in [0, 0.1) is 0 Å². The summed E-state index contributed by atoms with van der Waals surface area (Å²) in [5, 5.41) is 35.3. The molecular weight excluding hydrogens is 196 g/mol. The first-order chi connectivity index (χ1) is 6.99. The molecule has 0 aromatic heterocycles. The molecule has 2 aliphatic rings. The molecular formula is C11H22O4. The van der Waals surface area contributed by atoms with Gasteiger partial charge in [-0.2, -0.15) is 0 Å². The van der Waals surface area contributed by atoms with E-state index in [9.17, 15) is 0 Å². The fraction of sp³-hybridized carbons (Fsp3) is 1.00. The molecule has 0 heterocycles. The minimum atomic E-state index is -1.31. The van der Waals surface area contributed by atoms with Gasteiger partial charge in [-0.1, -0.05) is 0 Å². The summed E-state index contributed by atoms with van der Waals surface area (Å²) >= 11 is 0. The van der Waals surface area contributed by atoms with Gasteiger partial charge in [0.1, 0.15) is 0 Å². The quantitative estimate of drug-likeness (QED) is 0.447. The Hall–Kier alpha value is -0.160. The Morgan fingerprint density at radius 1 is 0.733 bits per heavy atom. The monoisotopic (exact) mass is 218 g/mol. The highest BCUT2D eigenvalue weighted by molar-refractivity contribution is 4.71. The Kier molecular flexibility index (Phi) is 4.99. The van der Waals surface area contributed by atoms with Gasteiger partial charge in [0.25, 0.3) is 0 Å². The van der Waals surface area contributed by atoms with E-state index >= 15 is 0 Å². The maximum atomic E-state index is 8.92. The molecule has 0 radical (unpaired) electrons. The van der Waals surface area contributed by atoms with E-state index in [4.69, 9.17) is 20.4 Å². The van der Waals surface area contributed by atoms with E-state index in [0.717, 1.165) is 38.5 Å². The summed E-state index contributed by atoms with van der Waals surface area (Å²) in [6.07, 6.45) is 5.89. The highest BCUT2D eigenvalue weighted by Gasteiger charge is 2.26. The van der Waals surface area contributed by atoms with Gasteiger partial charge in [0.2, 0.25) is 0 Å². The molecule has 0 unspecified atom stereocenters. The Balaban J connectivity index is 0.000000151. The van der Waals surface area contributed by atoms with Gasteiger partial charge >= 0.3 is 0 Å². The van der Waals surface area contributed by atoms with Gasteiger partial charge in [0, 0.05) is 12.8 Å². The summed E-state index contributed by atoms with van der Waals surface area (Å²) in [6, 6.07) is 0. The van der Waals surface area contributed by atoms with E-state index in [2.05, 4.69) is 0 Å². The second-order valence-electron chi connectivity index (χ2n) is 4.65. The van der Waals surface area contributed by atoms with Crippen LogP contribution >= 0.6 is 0 Å². The molecule has 2 fully saturated rings. The van der Waals surface area contributed by atoms with Crippen molar-refractivity contribution in [2.75, 3.05) is 0 Å². The summed E-state index contributed by atoms with van der Waals surface area (Å²) in [5.74, 6) is -1.31. The highest BCUT2D eigenvalue weighted by Crippen LogP contribution is 2.25. The van der Waals surface area contributed by atoms with E-state index in [1.807, 2.05) is 0 Å². The second-order valence-corrected chi connectivity index (χ2v) is 4.65. The molecule has 0 aromatic carbocycles. The first-order valence-corrected chi connectivity index (χ1v) is 5.80. The third kappa shape index (κ3) is 5.47. The van der Waals surface area contributed by atoms with Crippen molar-refractivity contribution in [1.29, 1.82) is 0 Å². The molecule has 0 spiro atoms. The third-order valence-corrected chi connectivity index (χ3v) is 3.07. The Bertz CT molecular complexity index is 155. The van der Waals surface area contributed by atoms with Gasteiger partial charge in [-0.05, 0) is 38.5 Å². The van der Waals surface area contributed by atoms with Crippen molar-refractivity contribution < 1.29 is 20.4 Å². The molecule has 0 aromatic rings. The Morgan fingerprint density at radius 3 is 1.27 bits per heavy atom. The predicted octanol–water partition coefficient (Wildman–Crippen LogP) is 0.523. The van der Waals surface area contributed by atoms with Crippen LogP contribution in [0.4, 0.5) is 0 Å². The van der Waals surface area contributed by atoms with Crippen molar-refractivity contribution in [3.63, 3.8) is 0 Å². The molecule has 4 heteroatoms. The fourth-order valence-electron chi connectivity index (χ4n) is 2.00. The summed E-state index contributed by atoms with van der Waals surface area (Å²) in [5.41, 5.74) is 0. The molecule has 0 bridgehead atoms. The molecule has 15 heavy (non-hydrogen) atoms. The number of rotatable bonds is 0. The minimum absolute atomic E-state index is 0.140. The third-order valence-electron chi connectivity index (χ3n) is 3.07. The first-order valence-electron chi connectivity index (χ1n) is 5.80. The van der Waals surface area contributed by atoms with Crippen molar-refractivity contribution in [2.24, 2.45) is 0 Å². The Morgan fingerprint density at radius 2 is 1.07 bits per heavy atom. The normalized spacial score (nSPS) is 34.4. The van der Waals surface area contributed by atoms with Crippen molar-refractivity contribution in [2.45, 2.75) is 69.4 Å². The molecule has 2 saturated carbocycles. The van der Waals surface area contributed by atoms with Crippen LogP contribution in [-0.4, -0.2) is 38.4 Å². The van der Waals surface area contributed by atoms with E-state index < -0.39 is 5.79 Å². The SMILES string of the molecule is OC1(O)CCCC1.OC1CCC(O)CC1. The van der Waals surface area contributed by atoms with Gasteiger partial charge in [-0.15, -0.1) is 0 Å². The van der Waals surface area contributed by atoms with Gasteiger partial charge in [0.15, 0.2) is 5.79 Å². The van der Waals surface area contributed by atoms with Crippen LogP contribution in [0.2, 0.25) is 0 Å². The molecule has 0 saturated heterocycles. The molecule has 90 valence electrons. The number of hydrogen-bond donors (Lipinski definition) is 4. The Labute approximate surface area is 90.6 Å². The van der Waals surface area contributed by atoms with E-state index in [0.29, 0.717) is 12.8 Å². The van der Waals surface area contributed by atoms with Crippen LogP contribution in [0.1, 0.15) is 51.4 Å². The van der Waals surface area contributed by atoms with E-state index in [1.165, 1.54) is 0 Å². The summed E-state index contributed by atoms with van der Waals surface area (Å²) < 4.78 is 0. The highest BCUT2D eigenvalue weighted by atomic mass is 16.5. The van der Waals surface area contributed by atoms with Crippen LogP contribution in [0.25, 0.3) is 0 Å². The second kappa shape index (κ2) is 5.80. The molecule has 4 nitrogen and oxygen atoms in total. The average Bonchev–Trinajstić information content (AvgIpc) is 2.57. The van der Waals surface area contributed by atoms with Gasteiger partial charge in [-0.3, -0.25) is 0 Å². The topological polar surface area (TPSA) is 80.9 Å². The maximum Gasteiger partial charge on any atom is 0.162 e. The van der Waals surface area contributed by atoms with Crippen molar-refractivity contribution >= 4 is 0 Å². The first kappa shape index (κ1) is 12.9. The number of hydrogen-bond acceptors (Lipinski definition) is 4. The molecule has 2 aliphatic carbocycles. The van der Waals surface area contributed by atoms with Gasteiger partial charge in [0.05, 0.1) is 12.2 Å². The largest absolute Gasteiger partial charge is 0.393 e. The lowest BCUT2D eigenvalue weighted by Crippen LogP contribution is -2.21. The number of aliphatic hydroxyl groups excluding tert-OH is 2. The van der Waals surface area contributed by atoms with Crippen LogP contribution in [-0.2, 0) is 0 Å². The molecule has 2 rings (SSSR count). The minimum Gasteiger partial charge on any atom is -0.393 e. The van der Waals surface area contributed by atoms with E-state index in [-0.39, 0.29) is 12.2 Å². The lowest BCUT2D eigenvalue weighted by Gasteiger charge is -2.20. The lowest BCUT2D eigenvalue weighted by atomic mass is 9.95. The van der Waals surface area contributed by atoms with Crippen LogP contribution in [0.15, 0.2) is 0 Å². The zero-order chi connectivity index (χ0) is 11.3. The van der Waals surface area contributed by atoms with Crippen molar-refractivity contribution in [1.82, 2.24) is 0 Å². The number of aliphatic hydroxyl groups is 4. The van der Waals surface area contributed by atoms with Crippen LogP contribution < -0.4 is 0 Å². The smallest absolute Gasteiger partial charge is 0.162 e. The average molecular weight is 218 g/mol. The summed E-state index contributed by atoms with van der Waals surface area (Å²) in [4.78, 5) is 0. The van der Waals surface area contributed by atoms with E-state index in [1.54, 1.807) is 0 Å². The molecule has 0 amide bonds. The standard InChI is InChI=1S/C6H12O2.C5H10O2/c7-5-1-2-6(8)4-3-5;6-5(7)3-1-2-4-5/h5-8H,1-4H2;6-7H,1-4H2. The van der Waals surface area contributed by atoms with Gasteiger partial charge in [-0.25, -0.2) is 0 Å². The molecule has 0 atom stereocenters. The van der Waals surface area contributed by atoms with Crippen LogP contribution in [0.3, 0.4) is 0 Å². The zero-order valence-electron chi connectivity index (χ0n) is 9.10. The van der Waals surface area contributed by atoms with Crippen molar-refractivity contribution in [3.8, 4) is 0 Å². The molecule has 0 aliphatic heterocycles. The summed E-state index contributed by atoms with van der Waals surface area (Å²) in [6.45, 7) is 0. The maximum absolute atomic E-state index is 8.92. The summed E-state index contributed by atoms with van der Waals surface area (Å²) in [7, 11) is 0. The lowest BCUT2D eigenvalue weighted by molar-refractivity contribution is -0.152. The van der Waals surface area contributed by atoms with Crippen molar-refractivity contribution in [3.05, 3.63) is 0 Å². The zero-order valence-corrected chi connectivity index (χ0v) is 9.10. The van der Waals surface area contributed by atoms with Gasteiger partial charge < -0.3 is 20.4 Å². The molecule has 4 N–H and O–H groups in total.